The molecule has 0 aliphatic carbocycles. The van der Waals surface area contributed by atoms with Gasteiger partial charge in [-0.2, -0.15) is 70.2 Å². The molecule has 42 heavy (non-hydrogen) atoms. The lowest BCUT2D eigenvalue weighted by molar-refractivity contribution is -0.414. The Labute approximate surface area is 221 Å². The lowest BCUT2D eigenvalue weighted by Gasteiger charge is -2.39. The minimum atomic E-state index is -7.61. The summed E-state index contributed by atoms with van der Waals surface area (Å²) in [5, 5.41) is 0. The van der Waals surface area contributed by atoms with Crippen LogP contribution in [-0.2, 0) is 18.1 Å². The van der Waals surface area contributed by atoms with Gasteiger partial charge in [0, 0.05) is 14.2 Å². The maximum absolute atomic E-state index is 13.1. The van der Waals surface area contributed by atoms with Crippen molar-refractivity contribution in [2.45, 2.75) is 60.2 Å². The Morgan fingerprint density at radius 2 is 0.738 bits per heavy atom. The van der Waals surface area contributed by atoms with Gasteiger partial charge >= 0.3 is 77.4 Å². The number of rotatable bonds is 16. The molecule has 2 N–H and O–H groups in total. The second kappa shape index (κ2) is 14.5. The van der Waals surface area contributed by atoms with Gasteiger partial charge in [-0.15, -0.1) is 0 Å². The van der Waals surface area contributed by atoms with Crippen LogP contribution < -0.4 is 0 Å². The SMILES string of the molecule is COP(O)OCC(F)(F)C(F)(F)C(F)(F)C(F)(F)C(F)(F)C(F)F.COP(O)OCC(F)(F)C(F)(F)C(F)(F)C(F)F. The van der Waals surface area contributed by atoms with E-state index in [1.54, 1.807) is 0 Å². The van der Waals surface area contributed by atoms with E-state index in [0.717, 1.165) is 7.11 Å². The van der Waals surface area contributed by atoms with Crippen molar-refractivity contribution in [2.75, 3.05) is 27.4 Å². The highest BCUT2D eigenvalue weighted by Crippen LogP contribution is 2.58. The van der Waals surface area contributed by atoms with Crippen molar-refractivity contribution in [1.82, 2.24) is 0 Å². The number of alkyl halides is 20. The molecule has 6 nitrogen and oxygen atoms in total. The number of hydrogen-bond donors (Lipinski definition) is 2. The molecule has 0 aliphatic heterocycles. The summed E-state index contributed by atoms with van der Waals surface area (Å²) in [7, 11) is -4.94. The summed E-state index contributed by atoms with van der Waals surface area (Å²) in [6.45, 7) is -5.26. The van der Waals surface area contributed by atoms with Gasteiger partial charge in [-0.1, -0.05) is 0 Å². The summed E-state index contributed by atoms with van der Waals surface area (Å²) >= 11 is 0. The number of hydrogen-bond acceptors (Lipinski definition) is 6. The van der Waals surface area contributed by atoms with Crippen LogP contribution in [0.5, 0.6) is 0 Å². The van der Waals surface area contributed by atoms with Crippen LogP contribution in [0.2, 0.25) is 0 Å². The van der Waals surface area contributed by atoms with Crippen molar-refractivity contribution in [1.29, 1.82) is 0 Å². The Morgan fingerprint density at radius 3 is 1.00 bits per heavy atom. The summed E-state index contributed by atoms with van der Waals surface area (Å²) < 4.78 is 265. The van der Waals surface area contributed by atoms with Crippen LogP contribution in [0.3, 0.4) is 0 Å². The van der Waals surface area contributed by atoms with E-state index < -0.39 is 90.6 Å². The molecule has 0 fully saturated rings. The first kappa shape index (κ1) is 43.3. The molecule has 0 rings (SSSR count). The first-order valence-electron chi connectivity index (χ1n) is 9.21. The van der Waals surface area contributed by atoms with Crippen molar-refractivity contribution in [3.8, 4) is 0 Å². The van der Waals surface area contributed by atoms with Crippen molar-refractivity contribution >= 4 is 17.2 Å². The van der Waals surface area contributed by atoms with Crippen LogP contribution in [0.25, 0.3) is 0 Å². The topological polar surface area (TPSA) is 77.4 Å². The smallest absolute Gasteiger partial charge is 0.328 e. The molecule has 0 saturated heterocycles. The van der Waals surface area contributed by atoms with Gasteiger partial charge in [0.25, 0.3) is 0 Å². The molecular formula is C14H14F20O6P2. The first-order valence-corrected chi connectivity index (χ1v) is 11.5. The average Bonchev–Trinajstić information content (AvgIpc) is 2.85. The molecule has 0 aromatic carbocycles. The highest BCUT2D eigenvalue weighted by atomic mass is 31.2. The van der Waals surface area contributed by atoms with E-state index in [4.69, 9.17) is 9.79 Å². The summed E-state index contributed by atoms with van der Waals surface area (Å²) in [6.07, 6.45) is -10.5. The predicted octanol–water partition coefficient (Wildman–Crippen LogP) is 7.35. The van der Waals surface area contributed by atoms with Gasteiger partial charge in [0.1, 0.15) is 13.2 Å². The zero-order valence-electron chi connectivity index (χ0n) is 19.6. The lowest BCUT2D eigenvalue weighted by atomic mass is 9.95. The van der Waals surface area contributed by atoms with Crippen molar-refractivity contribution < 1.29 is 116 Å². The van der Waals surface area contributed by atoms with Crippen molar-refractivity contribution in [3.63, 3.8) is 0 Å². The van der Waals surface area contributed by atoms with Gasteiger partial charge in [0.15, 0.2) is 0 Å². The molecule has 28 heteroatoms. The van der Waals surface area contributed by atoms with E-state index in [0.29, 0.717) is 7.11 Å². The Bertz CT molecular complexity index is 831. The Hall–Kier alpha value is -0.780. The Balaban J connectivity index is 0. The molecule has 2 atom stereocenters. The zero-order valence-corrected chi connectivity index (χ0v) is 21.3. The molecule has 0 radical (unpaired) electrons. The molecule has 2 unspecified atom stereocenters. The molecule has 256 valence electrons. The van der Waals surface area contributed by atoms with Crippen molar-refractivity contribution in [2.24, 2.45) is 0 Å². The second-order valence-corrected chi connectivity index (χ2v) is 9.14. The monoisotopic (exact) mass is 720 g/mol. The third-order valence-corrected chi connectivity index (χ3v) is 5.44. The highest BCUT2D eigenvalue weighted by Gasteiger charge is 2.87. The van der Waals surface area contributed by atoms with E-state index in [-0.39, 0.29) is 0 Å². The molecule has 0 spiro atoms. The maximum Gasteiger partial charge on any atom is 0.384 e. The van der Waals surface area contributed by atoms with Gasteiger partial charge in [0.2, 0.25) is 0 Å². The average molecular weight is 720 g/mol. The van der Waals surface area contributed by atoms with Gasteiger partial charge in [-0.05, 0) is 0 Å². The van der Waals surface area contributed by atoms with Gasteiger partial charge < -0.3 is 27.9 Å². The van der Waals surface area contributed by atoms with E-state index >= 15 is 0 Å². The maximum atomic E-state index is 13.1. The fourth-order valence-corrected chi connectivity index (χ4v) is 2.47. The summed E-state index contributed by atoms with van der Waals surface area (Å²) in [5.74, 6) is -53.9. The molecule has 0 heterocycles. The lowest BCUT2D eigenvalue weighted by Crippen LogP contribution is -2.69. The Kier molecular flexibility index (Phi) is 15.0. The standard InChI is InChI=1S/C8H7F12O3P.C6H7F8O3P/c1-22-24(21)23-2-4(11,12)6(15,16)8(19,20)7(17,18)5(13,14)3(9)10;1-16-18(15)17-2-4(9,10)6(13,14)5(11,12)3(7)8/h3,21H,2H2,1H3;3,15H,2H2,1H3. The minimum absolute atomic E-state index is 0.591. The van der Waals surface area contributed by atoms with E-state index in [1.165, 1.54) is 0 Å². The molecule has 0 amide bonds. The molecule has 0 aromatic rings. The van der Waals surface area contributed by atoms with Crippen LogP contribution in [0.4, 0.5) is 87.8 Å². The van der Waals surface area contributed by atoms with Crippen LogP contribution in [0.1, 0.15) is 0 Å². The summed E-state index contributed by atoms with van der Waals surface area (Å²) in [6, 6.07) is 0. The predicted molar refractivity (Wildman–Crippen MR) is 95.8 cm³/mol. The third kappa shape index (κ3) is 8.68. The molecule has 0 aliphatic rings. The van der Waals surface area contributed by atoms with E-state index in [2.05, 4.69) is 18.1 Å². The summed E-state index contributed by atoms with van der Waals surface area (Å²) in [4.78, 5) is 17.0. The normalized spacial score (nSPS) is 16.4. The molecule has 0 aromatic heterocycles. The molecule has 0 saturated carbocycles. The zero-order chi connectivity index (χ0) is 34.6. The van der Waals surface area contributed by atoms with Crippen LogP contribution in [0.15, 0.2) is 0 Å². The van der Waals surface area contributed by atoms with Crippen LogP contribution in [0, 0.1) is 0 Å². The van der Waals surface area contributed by atoms with Crippen LogP contribution in [-0.4, -0.2) is 97.5 Å². The largest absolute Gasteiger partial charge is 0.384 e. The van der Waals surface area contributed by atoms with Crippen LogP contribution >= 0.6 is 17.2 Å². The molecule has 0 bridgehead atoms. The van der Waals surface area contributed by atoms with E-state index in [1.807, 2.05) is 0 Å². The van der Waals surface area contributed by atoms with Gasteiger partial charge in [-0.25, -0.2) is 17.6 Å². The third-order valence-electron chi connectivity index (χ3n) is 4.12. The van der Waals surface area contributed by atoms with Gasteiger partial charge in [-0.3, -0.25) is 0 Å². The second-order valence-electron chi connectivity index (χ2n) is 6.94. The quantitative estimate of drug-likeness (QED) is 0.128. The first-order chi connectivity index (χ1) is 18.3. The summed E-state index contributed by atoms with van der Waals surface area (Å²) in [5.41, 5.74) is 0. The highest BCUT2D eigenvalue weighted by molar-refractivity contribution is 7.40. The Morgan fingerprint density at radius 1 is 0.476 bits per heavy atom. The number of halogens is 20. The van der Waals surface area contributed by atoms with Crippen molar-refractivity contribution in [3.05, 3.63) is 0 Å². The van der Waals surface area contributed by atoms with Gasteiger partial charge in [0.05, 0.1) is 0 Å². The fourth-order valence-electron chi connectivity index (χ4n) is 1.71. The van der Waals surface area contributed by atoms with E-state index in [9.17, 15) is 87.8 Å². The minimum Gasteiger partial charge on any atom is -0.328 e. The fraction of sp³-hybridized carbons (Fsp3) is 1.00. The molecular weight excluding hydrogens is 706 g/mol.